The maximum atomic E-state index is 15.0. The predicted molar refractivity (Wildman–Crippen MR) is 115 cm³/mol. The molecule has 2 saturated heterocycles. The summed E-state index contributed by atoms with van der Waals surface area (Å²) < 4.78 is 27.7. The first-order chi connectivity index (χ1) is 15.5. The van der Waals surface area contributed by atoms with Crippen molar-refractivity contribution < 1.29 is 18.3 Å². The molecular formula is C22H25FN6O3. The van der Waals surface area contributed by atoms with Crippen molar-refractivity contribution in [3.8, 4) is 0 Å². The van der Waals surface area contributed by atoms with Gasteiger partial charge in [-0.05, 0) is 37.3 Å². The molecule has 1 atom stereocenters. The summed E-state index contributed by atoms with van der Waals surface area (Å²) >= 11 is 0. The average Bonchev–Trinajstić information content (AvgIpc) is 3.51. The number of carbonyl (C=O) groups is 1. The summed E-state index contributed by atoms with van der Waals surface area (Å²) in [7, 11) is 0. The fraction of sp³-hybridized carbons (Fsp3) is 0.409. The third kappa shape index (κ3) is 4.31. The Morgan fingerprint density at radius 3 is 2.69 bits per heavy atom. The van der Waals surface area contributed by atoms with Gasteiger partial charge in [-0.3, -0.25) is 9.80 Å². The van der Waals surface area contributed by atoms with Gasteiger partial charge in [0.05, 0.1) is 37.2 Å². The van der Waals surface area contributed by atoms with Crippen LogP contribution in [0.3, 0.4) is 0 Å². The highest BCUT2D eigenvalue weighted by Crippen LogP contribution is 2.29. The van der Waals surface area contributed by atoms with Crippen LogP contribution >= 0.6 is 0 Å². The van der Waals surface area contributed by atoms with Gasteiger partial charge in [-0.25, -0.2) is 13.9 Å². The number of rotatable bonds is 6. The molecule has 0 spiro atoms. The van der Waals surface area contributed by atoms with Gasteiger partial charge in [-0.1, -0.05) is 5.21 Å². The second kappa shape index (κ2) is 8.62. The van der Waals surface area contributed by atoms with Crippen LogP contribution in [-0.4, -0.2) is 64.8 Å². The van der Waals surface area contributed by atoms with Gasteiger partial charge in [-0.15, -0.1) is 5.10 Å². The van der Waals surface area contributed by atoms with Crippen LogP contribution < -0.4 is 9.80 Å². The maximum absolute atomic E-state index is 15.0. The zero-order valence-electron chi connectivity index (χ0n) is 17.9. The summed E-state index contributed by atoms with van der Waals surface area (Å²) in [5.74, 6) is 1.52. The summed E-state index contributed by atoms with van der Waals surface area (Å²) in [6.07, 6.45) is 2.43. The largest absolute Gasteiger partial charge is 0.465 e. The van der Waals surface area contributed by atoms with Crippen LogP contribution in [0.1, 0.15) is 11.5 Å². The molecule has 0 unspecified atom stereocenters. The normalized spacial score (nSPS) is 19.6. The molecule has 0 aliphatic carbocycles. The van der Waals surface area contributed by atoms with Crippen molar-refractivity contribution in [2.75, 3.05) is 42.5 Å². The van der Waals surface area contributed by atoms with Gasteiger partial charge in [0.1, 0.15) is 23.4 Å². The molecule has 5 rings (SSSR count). The summed E-state index contributed by atoms with van der Waals surface area (Å²) in [5, 5.41) is 7.64. The molecule has 10 heteroatoms. The van der Waals surface area contributed by atoms with Gasteiger partial charge in [0, 0.05) is 32.4 Å². The molecule has 2 aliphatic heterocycles. The highest BCUT2D eigenvalue weighted by atomic mass is 19.1. The van der Waals surface area contributed by atoms with E-state index in [9.17, 15) is 9.18 Å². The van der Waals surface area contributed by atoms with E-state index in [-0.39, 0.29) is 11.9 Å². The van der Waals surface area contributed by atoms with Gasteiger partial charge >= 0.3 is 6.09 Å². The lowest BCUT2D eigenvalue weighted by molar-refractivity contribution is 0.129. The number of cyclic esters (lactones) is 1. The highest BCUT2D eigenvalue weighted by Gasteiger charge is 2.33. The van der Waals surface area contributed by atoms with Crippen molar-refractivity contribution in [1.29, 1.82) is 0 Å². The molecule has 0 radical (unpaired) electrons. The summed E-state index contributed by atoms with van der Waals surface area (Å²) in [6.45, 7) is 6.53. The van der Waals surface area contributed by atoms with E-state index in [4.69, 9.17) is 9.15 Å². The van der Waals surface area contributed by atoms with Gasteiger partial charge in [0.25, 0.3) is 0 Å². The SMILES string of the molecule is Cc1ccc(CN2CCN(c3ccc(N4C[C@H](Cn5ccnn5)OC4=O)cc3F)CC2)o1. The Balaban J connectivity index is 1.20. The molecular weight excluding hydrogens is 415 g/mol. The first kappa shape index (κ1) is 20.5. The number of aromatic nitrogens is 3. The van der Waals surface area contributed by atoms with Crippen molar-refractivity contribution in [1.82, 2.24) is 19.9 Å². The third-order valence-corrected chi connectivity index (χ3v) is 5.87. The van der Waals surface area contributed by atoms with Crippen molar-refractivity contribution >= 4 is 17.5 Å². The molecule has 0 N–H and O–H groups in total. The Morgan fingerprint density at radius 1 is 1.16 bits per heavy atom. The monoisotopic (exact) mass is 440 g/mol. The Kier molecular flexibility index (Phi) is 5.52. The maximum Gasteiger partial charge on any atom is 0.414 e. The Labute approximate surface area is 184 Å². The van der Waals surface area contributed by atoms with E-state index in [1.54, 1.807) is 29.2 Å². The number of carbonyl (C=O) groups excluding carboxylic acids is 1. The molecule has 168 valence electrons. The van der Waals surface area contributed by atoms with Crippen LogP contribution in [0.25, 0.3) is 0 Å². The van der Waals surface area contributed by atoms with Crippen LogP contribution in [0.4, 0.5) is 20.6 Å². The number of ether oxygens (including phenoxy) is 1. The number of hydrogen-bond donors (Lipinski definition) is 0. The van der Waals surface area contributed by atoms with Crippen molar-refractivity contribution in [3.63, 3.8) is 0 Å². The minimum Gasteiger partial charge on any atom is -0.465 e. The van der Waals surface area contributed by atoms with Gasteiger partial charge in [0.2, 0.25) is 0 Å². The molecule has 1 amide bonds. The van der Waals surface area contributed by atoms with E-state index in [1.807, 2.05) is 24.0 Å². The second-order valence-electron chi connectivity index (χ2n) is 8.15. The van der Waals surface area contributed by atoms with Crippen LogP contribution in [0.2, 0.25) is 0 Å². The first-order valence-electron chi connectivity index (χ1n) is 10.7. The quantitative estimate of drug-likeness (QED) is 0.583. The molecule has 2 aromatic heterocycles. The van der Waals surface area contributed by atoms with Gasteiger partial charge in [0.15, 0.2) is 0 Å². The minimum absolute atomic E-state index is 0.336. The number of nitrogens with zero attached hydrogens (tertiary/aromatic N) is 6. The van der Waals surface area contributed by atoms with E-state index < -0.39 is 6.09 Å². The minimum atomic E-state index is -0.482. The standard InChI is InChI=1S/C22H25FN6O3/c1-16-2-4-18(31-16)13-26-8-10-27(11-9-26)21-5-3-17(12-20(21)23)29-15-19(32-22(29)30)14-28-7-6-24-25-28/h2-7,12,19H,8-11,13-15H2,1H3/t19-/m0/s1. The fourth-order valence-electron chi connectivity index (χ4n) is 4.22. The molecule has 3 aromatic rings. The third-order valence-electron chi connectivity index (χ3n) is 5.87. The number of benzene rings is 1. The summed E-state index contributed by atoms with van der Waals surface area (Å²) in [5.41, 5.74) is 1.04. The molecule has 2 aliphatic rings. The van der Waals surface area contributed by atoms with E-state index in [0.29, 0.717) is 24.5 Å². The van der Waals surface area contributed by atoms with Crippen molar-refractivity contribution in [2.45, 2.75) is 26.1 Å². The zero-order chi connectivity index (χ0) is 22.1. The lowest BCUT2D eigenvalue weighted by Gasteiger charge is -2.36. The van der Waals surface area contributed by atoms with Crippen LogP contribution in [-0.2, 0) is 17.8 Å². The second-order valence-corrected chi connectivity index (χ2v) is 8.15. The average molecular weight is 440 g/mol. The molecule has 0 saturated carbocycles. The number of halogens is 1. The van der Waals surface area contributed by atoms with Gasteiger partial charge in [-0.2, -0.15) is 0 Å². The number of piperazine rings is 1. The molecule has 0 bridgehead atoms. The van der Waals surface area contributed by atoms with E-state index in [0.717, 1.165) is 44.2 Å². The van der Waals surface area contributed by atoms with Crippen LogP contribution in [0, 0.1) is 12.7 Å². The predicted octanol–water partition coefficient (Wildman–Crippen LogP) is 2.67. The van der Waals surface area contributed by atoms with E-state index >= 15 is 0 Å². The van der Waals surface area contributed by atoms with E-state index in [2.05, 4.69) is 15.2 Å². The van der Waals surface area contributed by atoms with Crippen LogP contribution in [0.15, 0.2) is 47.1 Å². The number of aryl methyl sites for hydroxylation is 1. The lowest BCUT2D eigenvalue weighted by Crippen LogP contribution is -2.46. The van der Waals surface area contributed by atoms with Crippen molar-refractivity contribution in [3.05, 3.63) is 60.1 Å². The molecule has 2 fully saturated rings. The number of amides is 1. The van der Waals surface area contributed by atoms with Gasteiger partial charge < -0.3 is 14.1 Å². The zero-order valence-corrected chi connectivity index (χ0v) is 17.9. The molecule has 4 heterocycles. The summed E-state index contributed by atoms with van der Waals surface area (Å²) in [6, 6.07) is 8.89. The Hall–Kier alpha value is -3.40. The fourth-order valence-corrected chi connectivity index (χ4v) is 4.22. The number of hydrogen-bond acceptors (Lipinski definition) is 7. The summed E-state index contributed by atoms with van der Waals surface area (Å²) in [4.78, 5) is 18.1. The van der Waals surface area contributed by atoms with E-state index in [1.165, 1.54) is 11.0 Å². The van der Waals surface area contributed by atoms with Crippen molar-refractivity contribution in [2.24, 2.45) is 0 Å². The molecule has 9 nitrogen and oxygen atoms in total. The lowest BCUT2D eigenvalue weighted by atomic mass is 10.2. The van der Waals surface area contributed by atoms with Crippen LogP contribution in [0.5, 0.6) is 0 Å². The highest BCUT2D eigenvalue weighted by molar-refractivity contribution is 5.90. The smallest absolute Gasteiger partial charge is 0.414 e. The first-order valence-corrected chi connectivity index (χ1v) is 10.7. The Morgan fingerprint density at radius 2 is 2.00 bits per heavy atom. The number of anilines is 2. The Bertz CT molecular complexity index is 1080. The molecule has 1 aromatic carbocycles. The molecule has 32 heavy (non-hydrogen) atoms. The number of furan rings is 1. The topological polar surface area (TPSA) is 79.9 Å².